The predicted molar refractivity (Wildman–Crippen MR) is 71.1 cm³/mol. The van der Waals surface area contributed by atoms with Gasteiger partial charge in [0.25, 0.3) is 0 Å². The highest BCUT2D eigenvalue weighted by molar-refractivity contribution is 5.86. The van der Waals surface area contributed by atoms with E-state index < -0.39 is 6.55 Å². The average Bonchev–Trinajstić information content (AvgIpc) is 3.06. The van der Waals surface area contributed by atoms with Gasteiger partial charge in [-0.25, -0.2) is 4.98 Å². The van der Waals surface area contributed by atoms with E-state index in [0.717, 1.165) is 21.2 Å². The third-order valence-electron chi connectivity index (χ3n) is 3.26. The fourth-order valence-corrected chi connectivity index (χ4v) is 2.31. The number of imidazole rings is 1. The minimum atomic E-state index is -2.58. The van der Waals surface area contributed by atoms with Crippen LogP contribution in [0.3, 0.4) is 0 Å². The topological polar surface area (TPSA) is 32.0 Å². The van der Waals surface area contributed by atoms with Gasteiger partial charge in [-0.15, -0.1) is 0 Å². The average molecular weight is 277 g/mol. The molecule has 0 aliphatic rings. The van der Waals surface area contributed by atoms with Gasteiger partial charge in [-0.1, -0.05) is 6.07 Å². The fourth-order valence-electron chi connectivity index (χ4n) is 2.31. The summed E-state index contributed by atoms with van der Waals surface area (Å²) >= 11 is 0. The maximum absolute atomic E-state index is 12.8. The lowest BCUT2D eigenvalue weighted by Crippen LogP contribution is -2.08. The van der Waals surface area contributed by atoms with Gasteiger partial charge in [0.1, 0.15) is 11.6 Å². The standard InChI is InChI=1S/C14H13F2N3O/c1-20-12-4-2-3-11-10(12)5-7-18(11)9-13-17-6-8-19(13)14(15)16/h2-8,14H,9H2,1H3. The smallest absolute Gasteiger partial charge is 0.319 e. The Kier molecular flexibility index (Phi) is 3.14. The van der Waals surface area contributed by atoms with Gasteiger partial charge in [0, 0.05) is 24.0 Å². The first-order valence-corrected chi connectivity index (χ1v) is 6.12. The van der Waals surface area contributed by atoms with Crippen LogP contribution in [0.4, 0.5) is 8.78 Å². The number of rotatable bonds is 4. The van der Waals surface area contributed by atoms with Crippen molar-refractivity contribution in [3.63, 3.8) is 0 Å². The van der Waals surface area contributed by atoms with Crippen LogP contribution in [0.2, 0.25) is 0 Å². The Morgan fingerprint density at radius 3 is 2.85 bits per heavy atom. The molecule has 0 saturated heterocycles. The van der Waals surface area contributed by atoms with Gasteiger partial charge in [0.05, 0.1) is 19.2 Å². The summed E-state index contributed by atoms with van der Waals surface area (Å²) in [7, 11) is 1.61. The first-order valence-electron chi connectivity index (χ1n) is 6.12. The van der Waals surface area contributed by atoms with Gasteiger partial charge in [0.2, 0.25) is 0 Å². The molecule has 0 amide bonds. The number of hydrogen-bond acceptors (Lipinski definition) is 2. The molecule has 104 valence electrons. The Morgan fingerprint density at radius 1 is 1.25 bits per heavy atom. The molecular weight excluding hydrogens is 264 g/mol. The molecular formula is C14H13F2N3O. The summed E-state index contributed by atoms with van der Waals surface area (Å²) in [5, 5.41) is 0.949. The summed E-state index contributed by atoms with van der Waals surface area (Å²) < 4.78 is 33.7. The SMILES string of the molecule is COc1cccc2c1ccn2Cc1nccn1C(F)F. The van der Waals surface area contributed by atoms with Crippen molar-refractivity contribution < 1.29 is 13.5 Å². The fraction of sp³-hybridized carbons (Fsp3) is 0.214. The second-order valence-corrected chi connectivity index (χ2v) is 4.37. The number of fused-ring (bicyclic) bond motifs is 1. The lowest BCUT2D eigenvalue weighted by molar-refractivity contribution is 0.0667. The van der Waals surface area contributed by atoms with Crippen LogP contribution < -0.4 is 4.74 Å². The number of nitrogens with zero attached hydrogens (tertiary/aromatic N) is 3. The van der Waals surface area contributed by atoms with Gasteiger partial charge >= 0.3 is 6.55 Å². The largest absolute Gasteiger partial charge is 0.496 e. The molecule has 0 aliphatic carbocycles. The van der Waals surface area contributed by atoms with Crippen molar-refractivity contribution in [2.24, 2.45) is 0 Å². The van der Waals surface area contributed by atoms with Crippen LogP contribution in [0.1, 0.15) is 12.4 Å². The Labute approximate surface area is 114 Å². The van der Waals surface area contributed by atoms with Gasteiger partial charge in [-0.2, -0.15) is 8.78 Å². The molecule has 4 nitrogen and oxygen atoms in total. The second kappa shape index (κ2) is 4.96. The van der Waals surface area contributed by atoms with Crippen LogP contribution in [0.15, 0.2) is 42.9 Å². The minimum Gasteiger partial charge on any atom is -0.496 e. The van der Waals surface area contributed by atoms with E-state index in [1.807, 2.05) is 35.0 Å². The van der Waals surface area contributed by atoms with E-state index >= 15 is 0 Å². The van der Waals surface area contributed by atoms with Crippen LogP contribution in [0.5, 0.6) is 5.75 Å². The predicted octanol–water partition coefficient (Wildman–Crippen LogP) is 3.29. The molecule has 0 bridgehead atoms. The minimum absolute atomic E-state index is 0.286. The van der Waals surface area contributed by atoms with Gasteiger partial charge in [-0.05, 0) is 18.2 Å². The molecule has 0 N–H and O–H groups in total. The van der Waals surface area contributed by atoms with E-state index in [9.17, 15) is 8.78 Å². The molecule has 0 unspecified atom stereocenters. The molecule has 2 aromatic heterocycles. The molecule has 0 aliphatic heterocycles. The molecule has 3 rings (SSSR count). The summed E-state index contributed by atoms with van der Waals surface area (Å²) in [4.78, 5) is 3.99. The molecule has 3 aromatic rings. The summed E-state index contributed by atoms with van der Waals surface area (Å²) in [6.45, 7) is -2.29. The van der Waals surface area contributed by atoms with Crippen molar-refractivity contribution in [3.8, 4) is 5.75 Å². The van der Waals surface area contributed by atoms with Gasteiger partial charge in [0.15, 0.2) is 0 Å². The highest BCUT2D eigenvalue weighted by atomic mass is 19.3. The molecule has 0 fully saturated rings. The maximum Gasteiger partial charge on any atom is 0.319 e. The molecule has 20 heavy (non-hydrogen) atoms. The number of ether oxygens (including phenoxy) is 1. The van der Waals surface area contributed by atoms with E-state index in [1.54, 1.807) is 7.11 Å². The van der Waals surface area contributed by atoms with Crippen LogP contribution in [-0.2, 0) is 6.54 Å². The maximum atomic E-state index is 12.8. The number of halogens is 2. The Bertz CT molecular complexity index is 733. The summed E-state index contributed by atoms with van der Waals surface area (Å²) in [6.07, 6.45) is 4.51. The van der Waals surface area contributed by atoms with E-state index in [2.05, 4.69) is 4.98 Å². The molecule has 0 saturated carbocycles. The highest BCUT2D eigenvalue weighted by Crippen LogP contribution is 2.26. The number of aromatic nitrogens is 3. The molecule has 0 atom stereocenters. The van der Waals surface area contributed by atoms with E-state index in [1.165, 1.54) is 12.4 Å². The number of alkyl halides is 2. The summed E-state index contributed by atoms with van der Waals surface area (Å²) in [5.74, 6) is 1.08. The van der Waals surface area contributed by atoms with E-state index in [0.29, 0.717) is 5.82 Å². The quantitative estimate of drug-likeness (QED) is 0.733. The first-order chi connectivity index (χ1) is 9.70. The summed E-state index contributed by atoms with van der Waals surface area (Å²) in [6, 6.07) is 7.57. The summed E-state index contributed by atoms with van der Waals surface area (Å²) in [5.41, 5.74) is 0.924. The number of benzene rings is 1. The second-order valence-electron chi connectivity index (χ2n) is 4.37. The zero-order chi connectivity index (χ0) is 14.1. The lowest BCUT2D eigenvalue weighted by Gasteiger charge is -2.09. The van der Waals surface area contributed by atoms with Gasteiger partial charge < -0.3 is 9.30 Å². The Morgan fingerprint density at radius 2 is 2.10 bits per heavy atom. The van der Waals surface area contributed by atoms with Crippen molar-refractivity contribution in [1.82, 2.24) is 14.1 Å². The van der Waals surface area contributed by atoms with Crippen molar-refractivity contribution in [3.05, 3.63) is 48.7 Å². The Balaban J connectivity index is 2.01. The van der Waals surface area contributed by atoms with Gasteiger partial charge in [-0.3, -0.25) is 4.57 Å². The molecule has 6 heteroatoms. The van der Waals surface area contributed by atoms with Crippen LogP contribution in [-0.4, -0.2) is 21.2 Å². The zero-order valence-corrected chi connectivity index (χ0v) is 10.8. The number of methoxy groups -OCH3 is 1. The van der Waals surface area contributed by atoms with Crippen LogP contribution in [0, 0.1) is 0 Å². The molecule has 0 spiro atoms. The van der Waals surface area contributed by atoms with Crippen molar-refractivity contribution in [1.29, 1.82) is 0 Å². The number of hydrogen-bond donors (Lipinski definition) is 0. The third-order valence-corrected chi connectivity index (χ3v) is 3.26. The normalized spacial score (nSPS) is 11.4. The highest BCUT2D eigenvalue weighted by Gasteiger charge is 2.13. The van der Waals surface area contributed by atoms with Crippen molar-refractivity contribution in [2.45, 2.75) is 13.1 Å². The monoisotopic (exact) mass is 277 g/mol. The zero-order valence-electron chi connectivity index (χ0n) is 10.8. The Hall–Kier alpha value is -2.37. The first kappa shape index (κ1) is 12.7. The van der Waals surface area contributed by atoms with Crippen LogP contribution >= 0.6 is 0 Å². The van der Waals surface area contributed by atoms with Crippen molar-refractivity contribution >= 4 is 10.9 Å². The lowest BCUT2D eigenvalue weighted by atomic mass is 10.2. The van der Waals surface area contributed by atoms with Crippen LogP contribution in [0.25, 0.3) is 10.9 Å². The molecule has 2 heterocycles. The van der Waals surface area contributed by atoms with Crippen molar-refractivity contribution in [2.75, 3.05) is 7.11 Å². The molecule has 1 aromatic carbocycles. The molecule has 0 radical (unpaired) electrons. The van der Waals surface area contributed by atoms with E-state index in [4.69, 9.17) is 4.74 Å². The van der Waals surface area contributed by atoms with E-state index in [-0.39, 0.29) is 6.54 Å². The third kappa shape index (κ3) is 2.03.